The Balaban J connectivity index is 2.03. The molecule has 6 heteroatoms. The number of carbonyl (C=O) groups is 1. The highest BCUT2D eigenvalue weighted by molar-refractivity contribution is 7.90. The largest absolute Gasteiger partial charge is 0.274 e. The maximum absolute atomic E-state index is 12.2. The Morgan fingerprint density at radius 2 is 2.00 bits per heavy atom. The van der Waals surface area contributed by atoms with Gasteiger partial charge in [0.25, 0.3) is 10.0 Å². The first kappa shape index (κ1) is 16.2. The zero-order valence-electron chi connectivity index (χ0n) is 12.5. The third-order valence-corrected chi connectivity index (χ3v) is 4.77. The lowest BCUT2D eigenvalue weighted by molar-refractivity contribution is -0.119. The molecule has 1 aromatic carbocycles. The number of pyridine rings is 1. The summed E-state index contributed by atoms with van der Waals surface area (Å²) >= 11 is 0. The van der Waals surface area contributed by atoms with Gasteiger partial charge in [-0.05, 0) is 43.5 Å². The van der Waals surface area contributed by atoms with Crippen LogP contribution in [0.3, 0.4) is 0 Å². The molecule has 1 aromatic heterocycles. The van der Waals surface area contributed by atoms with E-state index in [0.717, 1.165) is 11.1 Å². The summed E-state index contributed by atoms with van der Waals surface area (Å²) < 4.78 is 26.6. The van der Waals surface area contributed by atoms with Crippen molar-refractivity contribution < 1.29 is 13.2 Å². The topological polar surface area (TPSA) is 76.1 Å². The van der Waals surface area contributed by atoms with Crippen molar-refractivity contribution in [2.24, 2.45) is 0 Å². The van der Waals surface area contributed by atoms with Crippen LogP contribution in [0.15, 0.2) is 47.6 Å². The molecular formula is C16H18N2O3S. The maximum atomic E-state index is 12.2. The first-order valence-corrected chi connectivity index (χ1v) is 8.38. The molecule has 0 saturated heterocycles. The first-order valence-electron chi connectivity index (χ1n) is 6.90. The quantitative estimate of drug-likeness (QED) is 0.916. The molecule has 5 nitrogen and oxygen atoms in total. The number of hydrogen-bond acceptors (Lipinski definition) is 4. The molecule has 1 N–H and O–H groups in total. The Bertz CT molecular complexity index is 771. The van der Waals surface area contributed by atoms with Crippen LogP contribution in [-0.2, 0) is 21.2 Å². The fraction of sp³-hybridized carbons (Fsp3) is 0.250. The lowest BCUT2D eigenvalue weighted by Crippen LogP contribution is -2.31. The molecule has 0 aliphatic carbocycles. The molecule has 0 bridgehead atoms. The highest BCUT2D eigenvalue weighted by Crippen LogP contribution is 2.16. The zero-order chi connectivity index (χ0) is 16.2. The van der Waals surface area contributed by atoms with Gasteiger partial charge in [0.1, 0.15) is 0 Å². The van der Waals surface area contributed by atoms with Crippen LogP contribution in [0.2, 0.25) is 0 Å². The van der Waals surface area contributed by atoms with Crippen molar-refractivity contribution in [1.82, 2.24) is 9.71 Å². The van der Waals surface area contributed by atoms with Gasteiger partial charge in [0, 0.05) is 18.8 Å². The Hall–Kier alpha value is -2.21. The molecule has 0 aliphatic heterocycles. The minimum absolute atomic E-state index is 0.0931. The second-order valence-electron chi connectivity index (χ2n) is 5.16. The van der Waals surface area contributed by atoms with E-state index in [4.69, 9.17) is 0 Å². The minimum atomic E-state index is -3.83. The molecule has 116 valence electrons. The monoisotopic (exact) mass is 318 g/mol. The van der Waals surface area contributed by atoms with E-state index in [2.05, 4.69) is 9.71 Å². The van der Waals surface area contributed by atoms with Crippen LogP contribution in [-0.4, -0.2) is 19.3 Å². The minimum Gasteiger partial charge on any atom is -0.274 e. The number of benzene rings is 1. The molecule has 0 fully saturated rings. The van der Waals surface area contributed by atoms with Crippen LogP contribution >= 0.6 is 0 Å². The summed E-state index contributed by atoms with van der Waals surface area (Å²) in [5, 5.41) is 0. The van der Waals surface area contributed by atoms with Crippen molar-refractivity contribution in [2.75, 3.05) is 0 Å². The van der Waals surface area contributed by atoms with Gasteiger partial charge in [0.15, 0.2) is 0 Å². The van der Waals surface area contributed by atoms with E-state index in [1.165, 1.54) is 6.07 Å². The van der Waals surface area contributed by atoms with Gasteiger partial charge in [-0.2, -0.15) is 0 Å². The first-order chi connectivity index (χ1) is 10.4. The van der Waals surface area contributed by atoms with Gasteiger partial charge in [-0.1, -0.05) is 23.8 Å². The van der Waals surface area contributed by atoms with E-state index in [9.17, 15) is 13.2 Å². The number of aryl methyl sites for hydroxylation is 3. The summed E-state index contributed by atoms with van der Waals surface area (Å²) in [6.45, 7) is 3.59. The van der Waals surface area contributed by atoms with Gasteiger partial charge < -0.3 is 0 Å². The molecule has 0 radical (unpaired) electrons. The number of carbonyl (C=O) groups excluding carboxylic acids is 1. The average molecular weight is 318 g/mol. The number of nitrogens with one attached hydrogen (secondary N) is 1. The normalized spacial score (nSPS) is 11.2. The van der Waals surface area contributed by atoms with Gasteiger partial charge in [-0.3, -0.25) is 9.78 Å². The number of aromatic nitrogens is 1. The number of amides is 1. The molecule has 1 heterocycles. The van der Waals surface area contributed by atoms with E-state index in [1.54, 1.807) is 37.5 Å². The molecule has 0 saturated carbocycles. The van der Waals surface area contributed by atoms with Crippen molar-refractivity contribution in [3.63, 3.8) is 0 Å². The van der Waals surface area contributed by atoms with Crippen molar-refractivity contribution in [2.45, 2.75) is 31.6 Å². The van der Waals surface area contributed by atoms with Crippen LogP contribution < -0.4 is 4.72 Å². The fourth-order valence-corrected chi connectivity index (χ4v) is 3.40. The van der Waals surface area contributed by atoms with E-state index >= 15 is 0 Å². The molecule has 2 aromatic rings. The third kappa shape index (κ3) is 4.14. The molecule has 0 unspecified atom stereocenters. The van der Waals surface area contributed by atoms with Crippen LogP contribution in [0.1, 0.15) is 23.1 Å². The molecule has 0 aliphatic rings. The lowest BCUT2D eigenvalue weighted by Gasteiger charge is -2.10. The smallest absolute Gasteiger partial charge is 0.264 e. The van der Waals surface area contributed by atoms with Crippen LogP contribution in [0.4, 0.5) is 0 Å². The second kappa shape index (κ2) is 6.70. The van der Waals surface area contributed by atoms with Crippen LogP contribution in [0, 0.1) is 13.8 Å². The summed E-state index contributed by atoms with van der Waals surface area (Å²) in [5.74, 6) is -0.524. The lowest BCUT2D eigenvalue weighted by atomic mass is 10.1. The fourth-order valence-electron chi connectivity index (χ4n) is 2.16. The van der Waals surface area contributed by atoms with E-state index < -0.39 is 15.9 Å². The highest BCUT2D eigenvalue weighted by Gasteiger charge is 2.19. The highest BCUT2D eigenvalue weighted by atomic mass is 32.2. The standard InChI is InChI=1S/C16H18N2O3S/c1-12-5-7-15(13(2)10-12)22(20,21)18-16(19)8-6-14-4-3-9-17-11-14/h3-5,7,9-11H,6,8H2,1-2H3,(H,18,19). The van der Waals surface area contributed by atoms with E-state index in [0.29, 0.717) is 12.0 Å². The number of nitrogens with zero attached hydrogens (tertiary/aromatic N) is 1. The molecule has 22 heavy (non-hydrogen) atoms. The predicted octanol–water partition coefficient (Wildman–Crippen LogP) is 2.14. The Kier molecular flexibility index (Phi) is 4.92. The van der Waals surface area contributed by atoms with Gasteiger partial charge in [-0.25, -0.2) is 13.1 Å². The summed E-state index contributed by atoms with van der Waals surface area (Å²) in [7, 11) is -3.83. The van der Waals surface area contributed by atoms with Crippen molar-refractivity contribution in [1.29, 1.82) is 0 Å². The van der Waals surface area contributed by atoms with Crippen molar-refractivity contribution in [3.05, 3.63) is 59.4 Å². The summed E-state index contributed by atoms with van der Waals surface area (Å²) in [6.07, 6.45) is 3.85. The van der Waals surface area contributed by atoms with Crippen LogP contribution in [0.5, 0.6) is 0 Å². The molecule has 0 spiro atoms. The van der Waals surface area contributed by atoms with Gasteiger partial charge >= 0.3 is 0 Å². The zero-order valence-corrected chi connectivity index (χ0v) is 13.4. The third-order valence-electron chi connectivity index (χ3n) is 3.23. The van der Waals surface area contributed by atoms with Crippen molar-refractivity contribution >= 4 is 15.9 Å². The SMILES string of the molecule is Cc1ccc(S(=O)(=O)NC(=O)CCc2cccnc2)c(C)c1. The maximum Gasteiger partial charge on any atom is 0.264 e. The molecular weight excluding hydrogens is 300 g/mol. The second-order valence-corrected chi connectivity index (χ2v) is 6.81. The van der Waals surface area contributed by atoms with Crippen LogP contribution in [0.25, 0.3) is 0 Å². The Morgan fingerprint density at radius 1 is 1.23 bits per heavy atom. The molecule has 2 rings (SSSR count). The molecule has 1 amide bonds. The molecule has 0 atom stereocenters. The van der Waals surface area contributed by atoms with Gasteiger partial charge in [0.05, 0.1) is 4.90 Å². The van der Waals surface area contributed by atoms with E-state index in [1.807, 2.05) is 13.0 Å². The predicted molar refractivity (Wildman–Crippen MR) is 83.8 cm³/mol. The summed E-state index contributed by atoms with van der Waals surface area (Å²) in [4.78, 5) is 16.0. The van der Waals surface area contributed by atoms with Gasteiger partial charge in [-0.15, -0.1) is 0 Å². The number of sulfonamides is 1. The Labute approximate surface area is 130 Å². The number of hydrogen-bond donors (Lipinski definition) is 1. The average Bonchev–Trinajstić information content (AvgIpc) is 2.45. The summed E-state index contributed by atoms with van der Waals surface area (Å²) in [6, 6.07) is 8.62. The van der Waals surface area contributed by atoms with E-state index in [-0.39, 0.29) is 11.3 Å². The summed E-state index contributed by atoms with van der Waals surface area (Å²) in [5.41, 5.74) is 2.48. The van der Waals surface area contributed by atoms with Gasteiger partial charge in [0.2, 0.25) is 5.91 Å². The van der Waals surface area contributed by atoms with Crippen molar-refractivity contribution in [3.8, 4) is 0 Å². The number of rotatable bonds is 5. The Morgan fingerprint density at radius 3 is 2.64 bits per heavy atom.